The van der Waals surface area contributed by atoms with E-state index < -0.39 is 0 Å². The molecule has 0 saturated carbocycles. The smallest absolute Gasteiger partial charge is 0.156 e. The van der Waals surface area contributed by atoms with Crippen molar-refractivity contribution in [3.63, 3.8) is 0 Å². The first-order valence-corrected chi connectivity index (χ1v) is 3.25. The average Bonchev–Trinajstić information content (AvgIpc) is 2.41. The van der Waals surface area contributed by atoms with Crippen molar-refractivity contribution in [3.05, 3.63) is 12.4 Å². The van der Waals surface area contributed by atoms with Crippen LogP contribution in [0.5, 0.6) is 5.75 Å². The molecule has 1 heterocycles. The van der Waals surface area contributed by atoms with E-state index in [2.05, 4.69) is 10.2 Å². The van der Waals surface area contributed by atoms with Gasteiger partial charge < -0.3 is 10.5 Å². The van der Waals surface area contributed by atoms with E-state index in [9.17, 15) is 0 Å². The Hall–Kier alpha value is -1.03. The van der Waals surface area contributed by atoms with Gasteiger partial charge in [-0.25, -0.2) is 0 Å². The van der Waals surface area contributed by atoms with Gasteiger partial charge >= 0.3 is 0 Å². The zero-order valence-corrected chi connectivity index (χ0v) is 5.71. The van der Waals surface area contributed by atoms with E-state index in [1.54, 1.807) is 12.4 Å². The number of aromatic nitrogens is 2. The normalized spacial score (nSPS) is 9.70. The lowest BCUT2D eigenvalue weighted by atomic mass is 10.5. The molecule has 0 aliphatic rings. The molecule has 0 spiro atoms. The van der Waals surface area contributed by atoms with Crippen molar-refractivity contribution >= 4 is 0 Å². The molecule has 0 radical (unpaired) electrons. The summed E-state index contributed by atoms with van der Waals surface area (Å²) < 4.78 is 5.21. The summed E-state index contributed by atoms with van der Waals surface area (Å²) in [6.07, 6.45) is 4.22. The van der Waals surface area contributed by atoms with Crippen LogP contribution in [0.15, 0.2) is 12.4 Å². The van der Waals surface area contributed by atoms with Gasteiger partial charge in [0, 0.05) is 0 Å². The molecule has 0 saturated heterocycles. The number of nitrogens with two attached hydrogens (primary N) is 1. The summed E-state index contributed by atoms with van der Waals surface area (Å²) in [7, 11) is 0. The third kappa shape index (κ3) is 2.06. The minimum Gasteiger partial charge on any atom is -0.490 e. The van der Waals surface area contributed by atoms with Crippen LogP contribution in [0.2, 0.25) is 0 Å². The molecule has 0 amide bonds. The Morgan fingerprint density at radius 1 is 1.70 bits per heavy atom. The Kier molecular flexibility index (Phi) is 2.76. The van der Waals surface area contributed by atoms with Gasteiger partial charge in [-0.05, 0) is 13.0 Å². The maximum atomic E-state index is 5.26. The van der Waals surface area contributed by atoms with Gasteiger partial charge in [0.2, 0.25) is 0 Å². The molecule has 1 aromatic heterocycles. The van der Waals surface area contributed by atoms with Gasteiger partial charge in [-0.2, -0.15) is 5.10 Å². The molecular formula is C6H11N3O. The van der Waals surface area contributed by atoms with Crippen molar-refractivity contribution in [2.24, 2.45) is 5.73 Å². The Bertz CT molecular complexity index is 162. The molecule has 0 atom stereocenters. The molecule has 10 heavy (non-hydrogen) atoms. The quantitative estimate of drug-likeness (QED) is 0.586. The molecule has 1 aromatic rings. The van der Waals surface area contributed by atoms with Gasteiger partial charge in [0.05, 0.1) is 19.0 Å². The SMILES string of the molecule is NCCCOc1cn[nH]c1. The monoisotopic (exact) mass is 141 g/mol. The van der Waals surface area contributed by atoms with Gasteiger partial charge in [-0.15, -0.1) is 0 Å². The molecule has 0 fully saturated rings. The van der Waals surface area contributed by atoms with Crippen LogP contribution in [0.1, 0.15) is 6.42 Å². The van der Waals surface area contributed by atoms with Crippen LogP contribution in [-0.2, 0) is 0 Å². The summed E-state index contributed by atoms with van der Waals surface area (Å²) in [5.74, 6) is 0.772. The number of nitrogens with one attached hydrogen (secondary N) is 1. The van der Waals surface area contributed by atoms with Crippen LogP contribution in [-0.4, -0.2) is 23.3 Å². The predicted molar refractivity (Wildman–Crippen MR) is 37.8 cm³/mol. The molecule has 0 bridgehead atoms. The third-order valence-electron chi connectivity index (χ3n) is 1.09. The lowest BCUT2D eigenvalue weighted by Gasteiger charge is -1.98. The number of aromatic amines is 1. The number of hydrogen-bond donors (Lipinski definition) is 2. The number of rotatable bonds is 4. The minimum absolute atomic E-state index is 0.663. The van der Waals surface area contributed by atoms with Crippen LogP contribution in [0.4, 0.5) is 0 Å². The molecule has 4 nitrogen and oxygen atoms in total. The fourth-order valence-electron chi connectivity index (χ4n) is 0.591. The lowest BCUT2D eigenvalue weighted by molar-refractivity contribution is 0.313. The number of H-pyrrole nitrogens is 1. The summed E-state index contributed by atoms with van der Waals surface area (Å²) in [5.41, 5.74) is 5.26. The van der Waals surface area contributed by atoms with Crippen LogP contribution in [0, 0.1) is 0 Å². The maximum absolute atomic E-state index is 5.26. The van der Waals surface area contributed by atoms with Crippen LogP contribution in [0.25, 0.3) is 0 Å². The molecule has 4 heteroatoms. The van der Waals surface area contributed by atoms with Crippen LogP contribution < -0.4 is 10.5 Å². The van der Waals surface area contributed by atoms with E-state index in [0.29, 0.717) is 13.2 Å². The molecular weight excluding hydrogens is 130 g/mol. The van der Waals surface area contributed by atoms with Crippen molar-refractivity contribution in [1.82, 2.24) is 10.2 Å². The van der Waals surface area contributed by atoms with Gasteiger partial charge in [0.25, 0.3) is 0 Å². The predicted octanol–water partition coefficient (Wildman–Crippen LogP) is 0.137. The maximum Gasteiger partial charge on any atom is 0.156 e. The topological polar surface area (TPSA) is 63.9 Å². The minimum atomic E-state index is 0.663. The summed E-state index contributed by atoms with van der Waals surface area (Å²) in [4.78, 5) is 0. The second-order valence-corrected chi connectivity index (χ2v) is 1.92. The molecule has 56 valence electrons. The molecule has 1 rings (SSSR count). The van der Waals surface area contributed by atoms with Crippen molar-refractivity contribution in [3.8, 4) is 5.75 Å². The third-order valence-corrected chi connectivity index (χ3v) is 1.09. The second-order valence-electron chi connectivity index (χ2n) is 1.92. The Morgan fingerprint density at radius 2 is 2.60 bits per heavy atom. The highest BCUT2D eigenvalue weighted by atomic mass is 16.5. The Balaban J connectivity index is 2.15. The zero-order valence-electron chi connectivity index (χ0n) is 5.71. The zero-order chi connectivity index (χ0) is 7.23. The van der Waals surface area contributed by atoms with Gasteiger partial charge in [0.15, 0.2) is 5.75 Å². The van der Waals surface area contributed by atoms with Crippen LogP contribution >= 0.6 is 0 Å². The highest BCUT2D eigenvalue weighted by Crippen LogP contribution is 2.03. The molecule has 0 unspecified atom stereocenters. The van der Waals surface area contributed by atoms with Crippen molar-refractivity contribution in [2.75, 3.05) is 13.2 Å². The molecule has 0 aromatic carbocycles. The first-order valence-electron chi connectivity index (χ1n) is 3.25. The molecule has 0 aliphatic carbocycles. The Morgan fingerprint density at radius 3 is 3.20 bits per heavy atom. The standard InChI is InChI=1S/C6H11N3O/c7-2-1-3-10-6-4-8-9-5-6/h4-5H,1-3,7H2,(H,8,9). The van der Waals surface area contributed by atoms with Crippen LogP contribution in [0.3, 0.4) is 0 Å². The fourth-order valence-corrected chi connectivity index (χ4v) is 0.591. The Labute approximate surface area is 59.4 Å². The number of hydrogen-bond acceptors (Lipinski definition) is 3. The fraction of sp³-hybridized carbons (Fsp3) is 0.500. The summed E-state index contributed by atoms with van der Waals surface area (Å²) in [6.45, 7) is 1.33. The largest absolute Gasteiger partial charge is 0.490 e. The van der Waals surface area contributed by atoms with Crippen molar-refractivity contribution < 1.29 is 4.74 Å². The van der Waals surface area contributed by atoms with E-state index in [1.165, 1.54) is 0 Å². The molecule has 0 aliphatic heterocycles. The summed E-state index contributed by atoms with van der Waals surface area (Å²) in [6, 6.07) is 0. The van der Waals surface area contributed by atoms with E-state index in [1.807, 2.05) is 0 Å². The lowest BCUT2D eigenvalue weighted by Crippen LogP contribution is -2.05. The first kappa shape index (κ1) is 7.08. The second kappa shape index (κ2) is 3.90. The number of nitrogens with zero attached hydrogens (tertiary/aromatic N) is 1. The van der Waals surface area contributed by atoms with Gasteiger partial charge in [-0.3, -0.25) is 5.10 Å². The van der Waals surface area contributed by atoms with Crippen molar-refractivity contribution in [2.45, 2.75) is 6.42 Å². The van der Waals surface area contributed by atoms with E-state index in [0.717, 1.165) is 12.2 Å². The highest BCUT2D eigenvalue weighted by molar-refractivity contribution is 5.09. The summed E-state index contributed by atoms with van der Waals surface area (Å²) in [5, 5.41) is 6.37. The van der Waals surface area contributed by atoms with E-state index in [-0.39, 0.29) is 0 Å². The van der Waals surface area contributed by atoms with Crippen molar-refractivity contribution in [1.29, 1.82) is 0 Å². The van der Waals surface area contributed by atoms with E-state index in [4.69, 9.17) is 10.5 Å². The van der Waals surface area contributed by atoms with Gasteiger partial charge in [-0.1, -0.05) is 0 Å². The van der Waals surface area contributed by atoms with E-state index >= 15 is 0 Å². The highest BCUT2D eigenvalue weighted by Gasteiger charge is 1.90. The molecule has 3 N–H and O–H groups in total. The van der Waals surface area contributed by atoms with Gasteiger partial charge in [0.1, 0.15) is 0 Å². The average molecular weight is 141 g/mol. The first-order chi connectivity index (χ1) is 4.93. The summed E-state index contributed by atoms with van der Waals surface area (Å²) >= 11 is 0. The number of ether oxygens (including phenoxy) is 1.